The number of sulfone groups is 1. The van der Waals surface area contributed by atoms with Gasteiger partial charge < -0.3 is 0 Å². The quantitative estimate of drug-likeness (QED) is 0.855. The van der Waals surface area contributed by atoms with Crippen molar-refractivity contribution in [2.75, 3.05) is 6.26 Å². The van der Waals surface area contributed by atoms with Crippen LogP contribution in [0.15, 0.2) is 35.5 Å². The van der Waals surface area contributed by atoms with Crippen molar-refractivity contribution in [3.8, 4) is 0 Å². The monoisotopic (exact) mass is 314 g/mol. The highest BCUT2D eigenvalue weighted by atomic mass is 32.2. The number of nitrogens with zero attached hydrogens (tertiary/aromatic N) is 2. The van der Waals surface area contributed by atoms with E-state index in [1.54, 1.807) is 6.92 Å². The molecule has 22 heavy (non-hydrogen) atoms. The molecule has 0 saturated carbocycles. The minimum Gasteiger partial charge on any atom is -0.260 e. The molecule has 2 aromatic rings. The summed E-state index contributed by atoms with van der Waals surface area (Å²) < 4.78 is 23.8. The zero-order chi connectivity index (χ0) is 16.1. The zero-order valence-electron chi connectivity index (χ0n) is 13.1. The SMILES string of the molecule is Cc1cnc2c(c1)C(c1ccc(C)c(S(C)(=O)=O)n1)=CC2C. The fraction of sp³-hybridized carbons (Fsp3) is 0.294. The number of hydrogen-bond donors (Lipinski definition) is 0. The average molecular weight is 314 g/mol. The minimum absolute atomic E-state index is 0.146. The number of aryl methyl sites for hydroxylation is 2. The highest BCUT2D eigenvalue weighted by Gasteiger charge is 2.24. The van der Waals surface area contributed by atoms with Crippen molar-refractivity contribution in [3.63, 3.8) is 0 Å². The van der Waals surface area contributed by atoms with Gasteiger partial charge in [-0.15, -0.1) is 0 Å². The van der Waals surface area contributed by atoms with Gasteiger partial charge in [-0.3, -0.25) is 4.98 Å². The summed E-state index contributed by atoms with van der Waals surface area (Å²) in [5, 5.41) is 0.146. The summed E-state index contributed by atoms with van der Waals surface area (Å²) in [5.41, 5.74) is 5.45. The lowest BCUT2D eigenvalue weighted by molar-refractivity contribution is 0.597. The molecular formula is C17H18N2O2S. The first-order valence-corrected chi connectivity index (χ1v) is 9.03. The molecule has 0 fully saturated rings. The minimum atomic E-state index is -3.34. The van der Waals surface area contributed by atoms with Gasteiger partial charge in [-0.1, -0.05) is 19.1 Å². The Balaban J connectivity index is 2.19. The van der Waals surface area contributed by atoms with E-state index in [2.05, 4.69) is 29.0 Å². The van der Waals surface area contributed by atoms with Gasteiger partial charge in [0.05, 0.1) is 11.4 Å². The van der Waals surface area contributed by atoms with E-state index in [-0.39, 0.29) is 10.9 Å². The highest BCUT2D eigenvalue weighted by molar-refractivity contribution is 7.90. The standard InChI is InChI=1S/C17H18N2O2S/c1-10-7-14-13(8-12(3)16(14)18-9-10)15-6-5-11(2)17(19-15)22(4,20)21/h5-9,12H,1-4H3. The van der Waals surface area contributed by atoms with Gasteiger partial charge in [-0.05, 0) is 37.1 Å². The molecule has 5 heteroatoms. The first kappa shape index (κ1) is 14.9. The molecule has 0 radical (unpaired) electrons. The molecule has 1 aliphatic carbocycles. The Labute approximate surface area is 130 Å². The molecule has 0 aromatic carbocycles. The van der Waals surface area contributed by atoms with Crippen molar-refractivity contribution in [2.24, 2.45) is 0 Å². The molecule has 2 aromatic heterocycles. The molecule has 0 saturated heterocycles. The van der Waals surface area contributed by atoms with Gasteiger partial charge in [0, 0.05) is 29.5 Å². The van der Waals surface area contributed by atoms with Gasteiger partial charge >= 0.3 is 0 Å². The third-order valence-electron chi connectivity index (χ3n) is 3.87. The maximum Gasteiger partial charge on any atom is 0.193 e. The topological polar surface area (TPSA) is 59.9 Å². The number of pyridine rings is 2. The fourth-order valence-corrected chi connectivity index (χ4v) is 3.75. The largest absolute Gasteiger partial charge is 0.260 e. The van der Waals surface area contributed by atoms with Crippen LogP contribution in [0.1, 0.15) is 40.9 Å². The molecule has 3 rings (SSSR count). The third-order valence-corrected chi connectivity index (χ3v) is 4.99. The highest BCUT2D eigenvalue weighted by Crippen LogP contribution is 2.38. The van der Waals surface area contributed by atoms with Crippen molar-refractivity contribution in [3.05, 3.63) is 58.6 Å². The fourth-order valence-electron chi connectivity index (χ4n) is 2.84. The Morgan fingerprint density at radius 2 is 1.91 bits per heavy atom. The number of fused-ring (bicyclic) bond motifs is 1. The Bertz CT molecular complexity index is 899. The van der Waals surface area contributed by atoms with Crippen LogP contribution in [0, 0.1) is 13.8 Å². The van der Waals surface area contributed by atoms with Gasteiger partial charge in [0.25, 0.3) is 0 Å². The molecule has 0 N–H and O–H groups in total. The van der Waals surface area contributed by atoms with Crippen molar-refractivity contribution in [1.29, 1.82) is 0 Å². The maximum absolute atomic E-state index is 11.9. The second-order valence-electron chi connectivity index (χ2n) is 5.91. The van der Waals surface area contributed by atoms with Crippen molar-refractivity contribution in [2.45, 2.75) is 31.7 Å². The van der Waals surface area contributed by atoms with Crippen LogP contribution in [0.3, 0.4) is 0 Å². The molecule has 2 heterocycles. The molecule has 1 atom stereocenters. The van der Waals surface area contributed by atoms with E-state index in [4.69, 9.17) is 0 Å². The lowest BCUT2D eigenvalue weighted by Crippen LogP contribution is -2.05. The van der Waals surface area contributed by atoms with Crippen molar-refractivity contribution >= 4 is 15.4 Å². The number of allylic oxidation sites excluding steroid dienone is 1. The van der Waals surface area contributed by atoms with Crippen LogP contribution in [-0.2, 0) is 9.84 Å². The summed E-state index contributed by atoms with van der Waals surface area (Å²) >= 11 is 0. The summed E-state index contributed by atoms with van der Waals surface area (Å²) in [7, 11) is -3.34. The van der Waals surface area contributed by atoms with Crippen LogP contribution in [0.4, 0.5) is 0 Å². The number of hydrogen-bond acceptors (Lipinski definition) is 4. The van der Waals surface area contributed by atoms with Crippen LogP contribution in [0.25, 0.3) is 5.57 Å². The molecular weight excluding hydrogens is 296 g/mol. The van der Waals surface area contributed by atoms with E-state index >= 15 is 0 Å². The summed E-state index contributed by atoms with van der Waals surface area (Å²) in [6.45, 7) is 5.84. The predicted octanol–water partition coefficient (Wildman–Crippen LogP) is 3.05. The molecule has 0 spiro atoms. The number of aromatic nitrogens is 2. The van der Waals surface area contributed by atoms with Crippen LogP contribution in [0.2, 0.25) is 0 Å². The lowest BCUT2D eigenvalue weighted by Gasteiger charge is -2.09. The van der Waals surface area contributed by atoms with E-state index in [1.165, 1.54) is 6.26 Å². The molecule has 4 nitrogen and oxygen atoms in total. The zero-order valence-corrected chi connectivity index (χ0v) is 13.9. The Morgan fingerprint density at radius 1 is 1.18 bits per heavy atom. The first-order valence-electron chi connectivity index (χ1n) is 7.14. The van der Waals surface area contributed by atoms with Crippen LogP contribution in [0.5, 0.6) is 0 Å². The molecule has 0 amide bonds. The van der Waals surface area contributed by atoms with Crippen molar-refractivity contribution in [1.82, 2.24) is 9.97 Å². The van der Waals surface area contributed by atoms with Gasteiger partial charge in [0.15, 0.2) is 14.9 Å². The number of rotatable bonds is 2. The predicted molar refractivity (Wildman–Crippen MR) is 86.6 cm³/mol. The van der Waals surface area contributed by atoms with E-state index < -0.39 is 9.84 Å². The van der Waals surface area contributed by atoms with Crippen LogP contribution < -0.4 is 0 Å². The normalized spacial score (nSPS) is 17.3. The second kappa shape index (κ2) is 5.02. The molecule has 0 aliphatic heterocycles. The van der Waals surface area contributed by atoms with Gasteiger partial charge in [0.2, 0.25) is 0 Å². The smallest absolute Gasteiger partial charge is 0.193 e. The lowest BCUT2D eigenvalue weighted by atomic mass is 10.0. The Kier molecular flexibility index (Phi) is 3.40. The molecule has 1 aliphatic rings. The van der Waals surface area contributed by atoms with Crippen LogP contribution in [-0.4, -0.2) is 24.6 Å². The van der Waals surface area contributed by atoms with Gasteiger partial charge in [-0.2, -0.15) is 0 Å². The summed E-state index contributed by atoms with van der Waals surface area (Å²) in [5.74, 6) is 0.204. The van der Waals surface area contributed by atoms with E-state index in [9.17, 15) is 8.42 Å². The summed E-state index contributed by atoms with van der Waals surface area (Å²) in [6.07, 6.45) is 5.15. The summed E-state index contributed by atoms with van der Waals surface area (Å²) in [6, 6.07) is 5.77. The average Bonchev–Trinajstić information content (AvgIpc) is 2.75. The van der Waals surface area contributed by atoms with Crippen molar-refractivity contribution < 1.29 is 8.42 Å². The Hall–Kier alpha value is -2.01. The van der Waals surface area contributed by atoms with Crippen LogP contribution >= 0.6 is 0 Å². The maximum atomic E-state index is 11.9. The van der Waals surface area contributed by atoms with E-state index in [0.717, 1.165) is 22.4 Å². The van der Waals surface area contributed by atoms with Gasteiger partial charge in [-0.25, -0.2) is 13.4 Å². The summed E-state index contributed by atoms with van der Waals surface area (Å²) in [4.78, 5) is 8.91. The van der Waals surface area contributed by atoms with E-state index in [0.29, 0.717) is 11.3 Å². The van der Waals surface area contributed by atoms with E-state index in [1.807, 2.05) is 25.3 Å². The molecule has 1 unspecified atom stereocenters. The third kappa shape index (κ3) is 2.46. The second-order valence-corrected chi connectivity index (χ2v) is 7.84. The first-order chi connectivity index (χ1) is 10.3. The van der Waals surface area contributed by atoms with Gasteiger partial charge in [0.1, 0.15) is 0 Å². The molecule has 114 valence electrons. The molecule has 0 bridgehead atoms. The Morgan fingerprint density at radius 3 is 2.59 bits per heavy atom.